The van der Waals surface area contributed by atoms with Gasteiger partial charge in [0, 0.05) is 15.0 Å². The van der Waals surface area contributed by atoms with Crippen LogP contribution in [0, 0.1) is 9.49 Å². The number of hydrogen-bond acceptors (Lipinski definition) is 2. The van der Waals surface area contributed by atoms with E-state index in [0.29, 0.717) is 17.4 Å². The van der Waals surface area contributed by atoms with Gasteiger partial charge in [-0.25, -0.2) is 0 Å². The molecule has 1 aliphatic rings. The molecule has 1 fully saturated rings. The summed E-state index contributed by atoms with van der Waals surface area (Å²) in [6.07, 6.45) is 1.68. The summed E-state index contributed by atoms with van der Waals surface area (Å²) in [5.74, 6) is 0.555. The topological polar surface area (TPSA) is 41.1 Å². The minimum absolute atomic E-state index is 0.0824. The first-order valence-corrected chi connectivity index (χ1v) is 7.06. The Labute approximate surface area is 119 Å². The molecule has 0 saturated carbocycles. The average Bonchev–Trinajstić information content (AvgIpc) is 2.75. The Hall–Kier alpha value is -0.330. The Morgan fingerprint density at radius 2 is 2.41 bits per heavy atom. The van der Waals surface area contributed by atoms with Crippen LogP contribution in [0.3, 0.4) is 0 Å². The highest BCUT2D eigenvalue weighted by molar-refractivity contribution is 14.1. The van der Waals surface area contributed by atoms with Crippen molar-refractivity contribution < 1.29 is 4.79 Å². The molecule has 2 N–H and O–H groups in total. The quantitative estimate of drug-likeness (QED) is 0.810. The van der Waals surface area contributed by atoms with Crippen molar-refractivity contribution in [1.29, 1.82) is 0 Å². The molecule has 1 aromatic carbocycles. The maximum Gasteiger partial charge on any atom is 0.224 e. The van der Waals surface area contributed by atoms with Crippen molar-refractivity contribution in [2.75, 3.05) is 18.4 Å². The van der Waals surface area contributed by atoms with Crippen molar-refractivity contribution in [1.82, 2.24) is 5.32 Å². The Balaban J connectivity index is 1.93. The van der Waals surface area contributed by atoms with Gasteiger partial charge in [-0.2, -0.15) is 0 Å². The molecule has 0 aromatic heterocycles. The normalized spacial score (nSPS) is 19.3. The summed E-state index contributed by atoms with van der Waals surface area (Å²) in [4.78, 5) is 11.8. The van der Waals surface area contributed by atoms with Gasteiger partial charge in [0.25, 0.3) is 0 Å². The third-order valence-electron chi connectivity index (χ3n) is 2.84. The summed E-state index contributed by atoms with van der Waals surface area (Å²) in [5, 5.41) is 6.88. The summed E-state index contributed by atoms with van der Waals surface area (Å²) >= 11 is 8.04. The maximum absolute atomic E-state index is 11.8. The van der Waals surface area contributed by atoms with Crippen LogP contribution in [0.25, 0.3) is 0 Å². The molecule has 1 aromatic rings. The fourth-order valence-electron chi connectivity index (χ4n) is 1.94. The van der Waals surface area contributed by atoms with Gasteiger partial charge in [-0.05, 0) is 66.2 Å². The molecule has 17 heavy (non-hydrogen) atoms. The lowest BCUT2D eigenvalue weighted by molar-refractivity contribution is -0.116. The molecule has 1 aliphatic heterocycles. The number of anilines is 1. The number of rotatable bonds is 3. The third-order valence-corrected chi connectivity index (χ3v) is 3.97. The number of carbonyl (C=O) groups excluding carboxylic acids is 1. The molecule has 92 valence electrons. The first kappa shape index (κ1) is 13.1. The second-order valence-corrected chi connectivity index (χ2v) is 5.83. The lowest BCUT2D eigenvalue weighted by Gasteiger charge is -2.10. The zero-order valence-electron chi connectivity index (χ0n) is 9.30. The van der Waals surface area contributed by atoms with E-state index in [2.05, 4.69) is 33.2 Å². The molecule has 3 nitrogen and oxygen atoms in total. The van der Waals surface area contributed by atoms with E-state index in [4.69, 9.17) is 11.6 Å². The van der Waals surface area contributed by atoms with Crippen LogP contribution in [0.15, 0.2) is 18.2 Å². The van der Waals surface area contributed by atoms with Crippen molar-refractivity contribution in [3.05, 3.63) is 26.8 Å². The Bertz CT molecular complexity index is 419. The third kappa shape index (κ3) is 3.82. The van der Waals surface area contributed by atoms with Gasteiger partial charge in [0.2, 0.25) is 5.91 Å². The minimum atomic E-state index is 0.0824. The number of halogens is 2. The fourth-order valence-corrected chi connectivity index (χ4v) is 2.95. The van der Waals surface area contributed by atoms with Crippen molar-refractivity contribution in [2.24, 2.45) is 5.92 Å². The summed E-state index contributed by atoms with van der Waals surface area (Å²) < 4.78 is 0.966. The van der Waals surface area contributed by atoms with Crippen molar-refractivity contribution in [3.8, 4) is 0 Å². The Morgan fingerprint density at radius 1 is 1.59 bits per heavy atom. The van der Waals surface area contributed by atoms with Crippen molar-refractivity contribution in [3.63, 3.8) is 0 Å². The lowest BCUT2D eigenvalue weighted by atomic mass is 10.0. The highest BCUT2D eigenvalue weighted by Gasteiger charge is 2.18. The first-order chi connectivity index (χ1) is 8.15. The maximum atomic E-state index is 11.8. The molecule has 5 heteroatoms. The van der Waals surface area contributed by atoms with Gasteiger partial charge in [0.1, 0.15) is 0 Å². The van der Waals surface area contributed by atoms with Gasteiger partial charge in [-0.3, -0.25) is 4.79 Å². The zero-order chi connectivity index (χ0) is 12.3. The predicted molar refractivity (Wildman–Crippen MR) is 78.4 cm³/mol. The van der Waals surface area contributed by atoms with Crippen LogP contribution in [0.4, 0.5) is 5.69 Å². The van der Waals surface area contributed by atoms with Crippen molar-refractivity contribution >= 4 is 45.8 Å². The minimum Gasteiger partial charge on any atom is -0.325 e. The average molecular weight is 365 g/mol. The van der Waals surface area contributed by atoms with Crippen LogP contribution in [-0.4, -0.2) is 19.0 Å². The van der Waals surface area contributed by atoms with E-state index in [1.165, 1.54) is 0 Å². The van der Waals surface area contributed by atoms with Gasteiger partial charge >= 0.3 is 0 Å². The van der Waals surface area contributed by atoms with Gasteiger partial charge in [0.05, 0.1) is 5.69 Å². The lowest BCUT2D eigenvalue weighted by Crippen LogP contribution is -2.18. The molecule has 0 spiro atoms. The van der Waals surface area contributed by atoms with E-state index in [9.17, 15) is 4.79 Å². The molecule has 0 radical (unpaired) electrons. The van der Waals surface area contributed by atoms with Crippen LogP contribution in [0.2, 0.25) is 5.02 Å². The molecular weight excluding hydrogens is 351 g/mol. The fraction of sp³-hybridized carbons (Fsp3) is 0.417. The first-order valence-electron chi connectivity index (χ1n) is 5.61. The molecule has 0 aliphatic carbocycles. The molecule has 1 saturated heterocycles. The Morgan fingerprint density at radius 3 is 3.06 bits per heavy atom. The van der Waals surface area contributed by atoms with E-state index in [0.717, 1.165) is 28.8 Å². The van der Waals surface area contributed by atoms with E-state index >= 15 is 0 Å². The largest absolute Gasteiger partial charge is 0.325 e. The second kappa shape index (κ2) is 6.02. The molecule has 2 rings (SSSR count). The zero-order valence-corrected chi connectivity index (χ0v) is 12.2. The second-order valence-electron chi connectivity index (χ2n) is 4.24. The SMILES string of the molecule is O=C(CC1CCNC1)Nc1ccc(Cl)cc1I. The van der Waals surface area contributed by atoms with E-state index < -0.39 is 0 Å². The molecular formula is C12H14ClIN2O. The summed E-state index contributed by atoms with van der Waals surface area (Å²) in [7, 11) is 0. The van der Waals surface area contributed by atoms with Gasteiger partial charge in [-0.1, -0.05) is 11.6 Å². The number of amides is 1. The number of hydrogen-bond donors (Lipinski definition) is 2. The Kier molecular flexibility index (Phi) is 4.64. The predicted octanol–water partition coefficient (Wildman–Crippen LogP) is 2.88. The van der Waals surface area contributed by atoms with Gasteiger partial charge in [0.15, 0.2) is 0 Å². The summed E-state index contributed by atoms with van der Waals surface area (Å²) in [6, 6.07) is 5.47. The van der Waals surface area contributed by atoms with Crippen molar-refractivity contribution in [2.45, 2.75) is 12.8 Å². The van der Waals surface area contributed by atoms with Gasteiger partial charge in [-0.15, -0.1) is 0 Å². The molecule has 1 atom stereocenters. The standard InChI is InChI=1S/C12H14ClIN2O/c13-9-1-2-11(10(14)6-9)16-12(17)5-8-3-4-15-7-8/h1-2,6,8,15H,3-5,7H2,(H,16,17). The van der Waals surface area contributed by atoms with Crippen LogP contribution in [0.1, 0.15) is 12.8 Å². The summed E-state index contributed by atoms with van der Waals surface area (Å²) in [5.41, 5.74) is 0.839. The van der Waals surface area contributed by atoms with Gasteiger partial charge < -0.3 is 10.6 Å². The number of benzene rings is 1. The highest BCUT2D eigenvalue weighted by Crippen LogP contribution is 2.23. The van der Waals surface area contributed by atoms with Crippen LogP contribution < -0.4 is 10.6 Å². The number of carbonyl (C=O) groups is 1. The monoisotopic (exact) mass is 364 g/mol. The molecule has 1 amide bonds. The molecule has 1 unspecified atom stereocenters. The van der Waals surface area contributed by atoms with E-state index in [1.54, 1.807) is 6.07 Å². The van der Waals surface area contributed by atoms with Crippen LogP contribution in [-0.2, 0) is 4.79 Å². The number of nitrogens with one attached hydrogen (secondary N) is 2. The summed E-state index contributed by atoms with van der Waals surface area (Å²) in [6.45, 7) is 1.97. The van der Waals surface area contributed by atoms with Crippen LogP contribution in [0.5, 0.6) is 0 Å². The highest BCUT2D eigenvalue weighted by atomic mass is 127. The van der Waals surface area contributed by atoms with Crippen LogP contribution >= 0.6 is 34.2 Å². The smallest absolute Gasteiger partial charge is 0.224 e. The molecule has 1 heterocycles. The van der Waals surface area contributed by atoms with E-state index in [1.807, 2.05) is 12.1 Å². The van der Waals surface area contributed by atoms with E-state index in [-0.39, 0.29) is 5.91 Å². The molecule has 0 bridgehead atoms.